The zero-order valence-corrected chi connectivity index (χ0v) is 11.8. The number of anilines is 2. The van der Waals surface area contributed by atoms with E-state index in [1.54, 1.807) is 18.2 Å². The molecule has 0 saturated carbocycles. The van der Waals surface area contributed by atoms with E-state index >= 15 is 0 Å². The van der Waals surface area contributed by atoms with Crippen LogP contribution in [-0.4, -0.2) is 35.5 Å². The monoisotopic (exact) mass is 278 g/mol. The van der Waals surface area contributed by atoms with Crippen molar-refractivity contribution in [1.82, 2.24) is 4.90 Å². The maximum Gasteiger partial charge on any atom is 0.314 e. The van der Waals surface area contributed by atoms with Gasteiger partial charge in [-0.2, -0.15) is 0 Å². The average molecular weight is 278 g/mol. The number of nitrogens with one attached hydrogen (secondary N) is 1. The normalized spacial score (nSPS) is 17.6. The quantitative estimate of drug-likeness (QED) is 0.491. The molecule has 3 N–H and O–H groups in total. The van der Waals surface area contributed by atoms with Crippen molar-refractivity contribution in [3.05, 3.63) is 28.3 Å². The van der Waals surface area contributed by atoms with Crippen LogP contribution in [0.5, 0.6) is 0 Å². The molecule has 1 aromatic rings. The maximum absolute atomic E-state index is 11.1. The van der Waals surface area contributed by atoms with E-state index < -0.39 is 4.92 Å². The fourth-order valence-electron chi connectivity index (χ4n) is 2.65. The number of benzene rings is 1. The molecule has 1 atom stereocenters. The molecule has 1 fully saturated rings. The largest absolute Gasteiger partial charge is 0.393 e. The molecule has 2 rings (SSSR count). The summed E-state index contributed by atoms with van der Waals surface area (Å²) in [6, 6.07) is 5.35. The summed E-state index contributed by atoms with van der Waals surface area (Å²) >= 11 is 0. The van der Waals surface area contributed by atoms with Crippen LogP contribution in [0.4, 0.5) is 17.1 Å². The van der Waals surface area contributed by atoms with Crippen LogP contribution in [0.25, 0.3) is 0 Å². The lowest BCUT2D eigenvalue weighted by Crippen LogP contribution is -2.41. The number of rotatable bonds is 5. The fourth-order valence-corrected chi connectivity index (χ4v) is 2.65. The van der Waals surface area contributed by atoms with Crippen LogP contribution in [0, 0.1) is 10.1 Å². The Morgan fingerprint density at radius 1 is 1.40 bits per heavy atom. The number of nitro benzene ring substituents is 1. The van der Waals surface area contributed by atoms with Gasteiger partial charge >= 0.3 is 5.69 Å². The summed E-state index contributed by atoms with van der Waals surface area (Å²) in [7, 11) is 0. The van der Waals surface area contributed by atoms with Crippen molar-refractivity contribution < 1.29 is 4.92 Å². The summed E-state index contributed by atoms with van der Waals surface area (Å²) < 4.78 is 0. The fraction of sp³-hybridized carbons (Fsp3) is 0.571. The Morgan fingerprint density at radius 2 is 2.10 bits per heavy atom. The van der Waals surface area contributed by atoms with Gasteiger partial charge in [-0.05, 0) is 45.0 Å². The van der Waals surface area contributed by atoms with Crippen molar-refractivity contribution in [2.75, 3.05) is 30.7 Å². The van der Waals surface area contributed by atoms with Gasteiger partial charge in [0.15, 0.2) is 0 Å². The summed E-state index contributed by atoms with van der Waals surface area (Å²) in [5.74, 6) is 0. The number of para-hydroxylation sites is 1. The number of hydrogen-bond acceptors (Lipinski definition) is 5. The Balaban J connectivity index is 2.00. The molecule has 20 heavy (non-hydrogen) atoms. The van der Waals surface area contributed by atoms with Crippen molar-refractivity contribution in [2.45, 2.75) is 32.2 Å². The number of hydrogen-bond donors (Lipinski definition) is 2. The molecule has 0 amide bonds. The SMILES string of the molecule is CC(CNc1cccc(N)c1[N+](=O)[O-])N1CCCCC1. The Bertz CT molecular complexity index is 472. The van der Waals surface area contributed by atoms with Crippen LogP contribution >= 0.6 is 0 Å². The van der Waals surface area contributed by atoms with E-state index in [-0.39, 0.29) is 11.4 Å². The van der Waals surface area contributed by atoms with Crippen LogP contribution in [0.3, 0.4) is 0 Å². The van der Waals surface area contributed by atoms with Gasteiger partial charge in [0.1, 0.15) is 11.4 Å². The number of nitrogen functional groups attached to an aromatic ring is 1. The van der Waals surface area contributed by atoms with Gasteiger partial charge in [-0.1, -0.05) is 12.5 Å². The number of piperidine rings is 1. The van der Waals surface area contributed by atoms with Crippen LogP contribution in [0.15, 0.2) is 18.2 Å². The van der Waals surface area contributed by atoms with Gasteiger partial charge in [-0.3, -0.25) is 15.0 Å². The van der Waals surface area contributed by atoms with Gasteiger partial charge in [-0.25, -0.2) is 0 Å². The van der Waals surface area contributed by atoms with Crippen LogP contribution in [0.1, 0.15) is 26.2 Å². The van der Waals surface area contributed by atoms with Gasteiger partial charge in [-0.15, -0.1) is 0 Å². The second kappa shape index (κ2) is 6.56. The molecule has 1 heterocycles. The van der Waals surface area contributed by atoms with Crippen molar-refractivity contribution in [1.29, 1.82) is 0 Å². The highest BCUT2D eigenvalue weighted by atomic mass is 16.6. The van der Waals surface area contributed by atoms with Crippen molar-refractivity contribution in [3.63, 3.8) is 0 Å². The molecule has 1 aliphatic heterocycles. The van der Waals surface area contributed by atoms with E-state index in [0.717, 1.165) is 13.1 Å². The lowest BCUT2D eigenvalue weighted by Gasteiger charge is -2.32. The van der Waals surface area contributed by atoms with Gasteiger partial charge in [0.2, 0.25) is 0 Å². The number of nitro groups is 1. The Labute approximate surface area is 119 Å². The first-order chi connectivity index (χ1) is 9.59. The lowest BCUT2D eigenvalue weighted by atomic mass is 10.1. The highest BCUT2D eigenvalue weighted by Gasteiger charge is 2.20. The molecular weight excluding hydrogens is 256 g/mol. The van der Waals surface area contributed by atoms with Crippen LogP contribution < -0.4 is 11.1 Å². The molecule has 0 aromatic heterocycles. The molecule has 1 aromatic carbocycles. The summed E-state index contributed by atoms with van der Waals surface area (Å²) in [6.07, 6.45) is 3.78. The third kappa shape index (κ3) is 3.39. The van der Waals surface area contributed by atoms with E-state index in [1.807, 2.05) is 0 Å². The smallest absolute Gasteiger partial charge is 0.314 e. The molecule has 1 aliphatic rings. The van der Waals surface area contributed by atoms with Gasteiger partial charge in [0.25, 0.3) is 0 Å². The lowest BCUT2D eigenvalue weighted by molar-refractivity contribution is -0.383. The van der Waals surface area contributed by atoms with E-state index in [4.69, 9.17) is 5.73 Å². The van der Waals surface area contributed by atoms with Gasteiger partial charge < -0.3 is 11.1 Å². The van der Waals surface area contributed by atoms with E-state index in [2.05, 4.69) is 17.1 Å². The van der Waals surface area contributed by atoms with Crippen molar-refractivity contribution >= 4 is 17.1 Å². The van der Waals surface area contributed by atoms with E-state index in [9.17, 15) is 10.1 Å². The molecular formula is C14H22N4O2. The summed E-state index contributed by atoms with van der Waals surface area (Å²) in [5, 5.41) is 14.2. The van der Waals surface area contributed by atoms with E-state index in [1.165, 1.54) is 19.3 Å². The molecule has 6 heteroatoms. The molecule has 6 nitrogen and oxygen atoms in total. The third-order valence-corrected chi connectivity index (χ3v) is 3.85. The minimum Gasteiger partial charge on any atom is -0.393 e. The zero-order valence-electron chi connectivity index (χ0n) is 11.8. The number of likely N-dealkylation sites (tertiary alicyclic amines) is 1. The summed E-state index contributed by atoms with van der Waals surface area (Å²) in [5.41, 5.74) is 6.35. The highest BCUT2D eigenvalue weighted by molar-refractivity contribution is 5.74. The van der Waals surface area contributed by atoms with Crippen molar-refractivity contribution in [3.8, 4) is 0 Å². The molecule has 110 valence electrons. The minimum atomic E-state index is -0.427. The van der Waals surface area contributed by atoms with Gasteiger partial charge in [0, 0.05) is 12.6 Å². The molecule has 1 unspecified atom stereocenters. The Kier molecular flexibility index (Phi) is 4.79. The number of nitrogens with two attached hydrogens (primary N) is 1. The first-order valence-electron chi connectivity index (χ1n) is 7.10. The van der Waals surface area contributed by atoms with Crippen LogP contribution in [0.2, 0.25) is 0 Å². The predicted octanol–water partition coefficient (Wildman–Crippen LogP) is 2.46. The molecule has 0 spiro atoms. The Morgan fingerprint density at radius 3 is 2.75 bits per heavy atom. The average Bonchev–Trinajstić information content (AvgIpc) is 2.45. The second-order valence-electron chi connectivity index (χ2n) is 5.33. The Hall–Kier alpha value is -1.82. The number of nitrogens with zero attached hydrogens (tertiary/aromatic N) is 2. The highest BCUT2D eigenvalue weighted by Crippen LogP contribution is 2.30. The van der Waals surface area contributed by atoms with Gasteiger partial charge in [0.05, 0.1) is 4.92 Å². The topological polar surface area (TPSA) is 84.4 Å². The second-order valence-corrected chi connectivity index (χ2v) is 5.33. The standard InChI is InChI=1S/C14H22N4O2/c1-11(17-8-3-2-4-9-17)10-16-13-7-5-6-12(15)14(13)18(19)20/h5-7,11,16H,2-4,8-10,15H2,1H3. The predicted molar refractivity (Wildman–Crippen MR) is 80.9 cm³/mol. The maximum atomic E-state index is 11.1. The summed E-state index contributed by atoms with van der Waals surface area (Å²) in [4.78, 5) is 13.1. The molecule has 0 bridgehead atoms. The first-order valence-corrected chi connectivity index (χ1v) is 7.10. The summed E-state index contributed by atoms with van der Waals surface area (Å²) in [6.45, 7) is 5.06. The molecule has 0 radical (unpaired) electrons. The van der Waals surface area contributed by atoms with Crippen LogP contribution in [-0.2, 0) is 0 Å². The first kappa shape index (κ1) is 14.6. The van der Waals surface area contributed by atoms with Crippen molar-refractivity contribution in [2.24, 2.45) is 0 Å². The molecule has 0 aliphatic carbocycles. The minimum absolute atomic E-state index is 0.0293. The third-order valence-electron chi connectivity index (χ3n) is 3.85. The zero-order chi connectivity index (χ0) is 14.5. The molecule has 1 saturated heterocycles. The van der Waals surface area contributed by atoms with E-state index in [0.29, 0.717) is 18.3 Å².